The molecule has 1 saturated carbocycles. The van der Waals surface area contributed by atoms with Gasteiger partial charge in [0.25, 0.3) is 0 Å². The lowest BCUT2D eigenvalue weighted by Crippen LogP contribution is -2.60. The molecule has 1 aliphatic rings. The molecular weight excluding hydrogens is 214 g/mol. The van der Waals surface area contributed by atoms with Crippen molar-refractivity contribution < 1.29 is 9.53 Å². The number of nitrogens with one attached hydrogen (secondary N) is 1. The van der Waals surface area contributed by atoms with Crippen molar-refractivity contribution in [3.8, 4) is 0 Å². The van der Waals surface area contributed by atoms with Gasteiger partial charge in [-0.25, -0.2) is 0 Å². The minimum Gasteiger partial charge on any atom is -0.465 e. The van der Waals surface area contributed by atoms with Gasteiger partial charge in [-0.1, -0.05) is 33.6 Å². The second-order valence-electron chi connectivity index (χ2n) is 5.32. The fraction of sp³-hybridized carbons (Fsp3) is 0.929. The van der Waals surface area contributed by atoms with Gasteiger partial charge in [0.15, 0.2) is 0 Å². The standard InChI is InChI=1S/C14H27NO2/c1-5-15-14(13(16)17-6-2)10-8-7-9-12(14)11(3)4/h11-12,15H,5-10H2,1-4H3. The van der Waals surface area contributed by atoms with Gasteiger partial charge in [0.1, 0.15) is 5.54 Å². The molecule has 1 rings (SSSR count). The Bertz CT molecular complexity index is 249. The van der Waals surface area contributed by atoms with Gasteiger partial charge in [0, 0.05) is 0 Å². The van der Waals surface area contributed by atoms with Crippen LogP contribution in [-0.4, -0.2) is 24.7 Å². The molecule has 0 aliphatic heterocycles. The number of hydrogen-bond acceptors (Lipinski definition) is 3. The molecule has 3 heteroatoms. The van der Waals surface area contributed by atoms with Gasteiger partial charge < -0.3 is 10.1 Å². The largest absolute Gasteiger partial charge is 0.465 e. The van der Waals surface area contributed by atoms with Crippen LogP contribution in [0.15, 0.2) is 0 Å². The summed E-state index contributed by atoms with van der Waals surface area (Å²) in [7, 11) is 0. The van der Waals surface area contributed by atoms with E-state index in [9.17, 15) is 4.79 Å². The zero-order valence-corrected chi connectivity index (χ0v) is 11.7. The van der Waals surface area contributed by atoms with Gasteiger partial charge in [-0.3, -0.25) is 4.79 Å². The monoisotopic (exact) mass is 241 g/mol. The van der Waals surface area contributed by atoms with Crippen LogP contribution in [0.25, 0.3) is 0 Å². The van der Waals surface area contributed by atoms with Crippen LogP contribution in [0.2, 0.25) is 0 Å². The number of carbonyl (C=O) groups is 1. The molecular formula is C14H27NO2. The molecule has 0 heterocycles. The van der Waals surface area contributed by atoms with Gasteiger partial charge in [-0.2, -0.15) is 0 Å². The van der Waals surface area contributed by atoms with Crippen LogP contribution in [0.3, 0.4) is 0 Å². The molecule has 0 saturated heterocycles. The fourth-order valence-corrected chi connectivity index (χ4v) is 3.22. The minimum absolute atomic E-state index is 0.0414. The molecule has 3 nitrogen and oxygen atoms in total. The maximum Gasteiger partial charge on any atom is 0.326 e. The first-order valence-electron chi connectivity index (χ1n) is 7.00. The lowest BCUT2D eigenvalue weighted by molar-refractivity contribution is -0.157. The Morgan fingerprint density at radius 1 is 1.41 bits per heavy atom. The average Bonchev–Trinajstić information content (AvgIpc) is 2.30. The summed E-state index contributed by atoms with van der Waals surface area (Å²) in [6.45, 7) is 9.65. The molecule has 0 aromatic carbocycles. The van der Waals surface area contributed by atoms with Crippen molar-refractivity contribution in [2.45, 2.75) is 58.9 Å². The molecule has 1 N–H and O–H groups in total. The Morgan fingerprint density at radius 3 is 2.65 bits per heavy atom. The van der Waals surface area contributed by atoms with Gasteiger partial charge in [0.2, 0.25) is 0 Å². The lowest BCUT2D eigenvalue weighted by atomic mass is 9.67. The van der Waals surface area contributed by atoms with Gasteiger partial charge in [-0.05, 0) is 38.1 Å². The highest BCUT2D eigenvalue weighted by atomic mass is 16.5. The normalized spacial score (nSPS) is 29.4. The van der Waals surface area contributed by atoms with Crippen molar-refractivity contribution in [2.75, 3.05) is 13.2 Å². The Labute approximate surface area is 105 Å². The second kappa shape index (κ2) is 6.39. The van der Waals surface area contributed by atoms with E-state index in [4.69, 9.17) is 4.74 Å². The molecule has 0 aromatic rings. The van der Waals surface area contributed by atoms with E-state index >= 15 is 0 Å². The summed E-state index contributed by atoms with van der Waals surface area (Å²) in [5.74, 6) is 0.870. The number of ether oxygens (including phenoxy) is 1. The van der Waals surface area contributed by atoms with Crippen molar-refractivity contribution in [1.29, 1.82) is 0 Å². The highest BCUT2D eigenvalue weighted by molar-refractivity contribution is 5.81. The van der Waals surface area contributed by atoms with Gasteiger partial charge in [0.05, 0.1) is 6.61 Å². The zero-order valence-electron chi connectivity index (χ0n) is 11.7. The van der Waals surface area contributed by atoms with Crippen LogP contribution in [0.4, 0.5) is 0 Å². The van der Waals surface area contributed by atoms with E-state index in [-0.39, 0.29) is 5.97 Å². The predicted octanol–water partition coefficient (Wildman–Crippen LogP) is 2.74. The Balaban J connectivity index is 2.95. The number of esters is 1. The first kappa shape index (κ1) is 14.5. The highest BCUT2D eigenvalue weighted by Gasteiger charge is 2.48. The van der Waals surface area contributed by atoms with Gasteiger partial charge in [-0.15, -0.1) is 0 Å². The molecule has 0 radical (unpaired) electrons. The molecule has 0 amide bonds. The lowest BCUT2D eigenvalue weighted by Gasteiger charge is -2.44. The molecule has 0 spiro atoms. The second-order valence-corrected chi connectivity index (χ2v) is 5.32. The smallest absolute Gasteiger partial charge is 0.326 e. The highest BCUT2D eigenvalue weighted by Crippen LogP contribution is 2.39. The van der Waals surface area contributed by atoms with E-state index in [0.29, 0.717) is 18.4 Å². The molecule has 2 unspecified atom stereocenters. The minimum atomic E-state index is -0.433. The van der Waals surface area contributed by atoms with Crippen molar-refractivity contribution in [3.05, 3.63) is 0 Å². The van der Waals surface area contributed by atoms with Crippen LogP contribution in [-0.2, 0) is 9.53 Å². The molecule has 100 valence electrons. The predicted molar refractivity (Wildman–Crippen MR) is 69.8 cm³/mol. The maximum atomic E-state index is 12.3. The molecule has 2 atom stereocenters. The van der Waals surface area contributed by atoms with Crippen LogP contribution in [0.5, 0.6) is 0 Å². The van der Waals surface area contributed by atoms with E-state index in [1.54, 1.807) is 0 Å². The molecule has 0 aromatic heterocycles. The SMILES string of the molecule is CCNC1(C(=O)OCC)CCCCC1C(C)C. The number of likely N-dealkylation sites (N-methyl/N-ethyl adjacent to an activating group) is 1. The van der Waals surface area contributed by atoms with E-state index in [0.717, 1.165) is 25.8 Å². The van der Waals surface area contributed by atoms with E-state index in [1.165, 1.54) is 6.42 Å². The molecule has 1 aliphatic carbocycles. The first-order valence-corrected chi connectivity index (χ1v) is 7.00. The van der Waals surface area contributed by atoms with E-state index in [1.807, 2.05) is 6.92 Å². The third kappa shape index (κ3) is 3.01. The van der Waals surface area contributed by atoms with Crippen LogP contribution < -0.4 is 5.32 Å². The first-order chi connectivity index (χ1) is 8.08. The Morgan fingerprint density at radius 2 is 2.12 bits per heavy atom. The van der Waals surface area contributed by atoms with E-state index < -0.39 is 5.54 Å². The van der Waals surface area contributed by atoms with Crippen molar-refractivity contribution in [3.63, 3.8) is 0 Å². The summed E-state index contributed by atoms with van der Waals surface area (Å²) in [6.07, 6.45) is 4.40. The summed E-state index contributed by atoms with van der Waals surface area (Å²) in [5.41, 5.74) is -0.433. The Kier molecular flexibility index (Phi) is 5.44. The average molecular weight is 241 g/mol. The van der Waals surface area contributed by atoms with Crippen molar-refractivity contribution in [2.24, 2.45) is 11.8 Å². The van der Waals surface area contributed by atoms with Crippen molar-refractivity contribution in [1.82, 2.24) is 5.32 Å². The Hall–Kier alpha value is -0.570. The van der Waals surface area contributed by atoms with Crippen LogP contribution in [0.1, 0.15) is 53.4 Å². The van der Waals surface area contributed by atoms with Gasteiger partial charge >= 0.3 is 5.97 Å². The topological polar surface area (TPSA) is 38.3 Å². The summed E-state index contributed by atoms with van der Waals surface area (Å²) in [5, 5.41) is 3.44. The zero-order chi connectivity index (χ0) is 12.9. The van der Waals surface area contributed by atoms with Crippen LogP contribution >= 0.6 is 0 Å². The molecule has 0 bridgehead atoms. The van der Waals surface area contributed by atoms with Crippen molar-refractivity contribution >= 4 is 5.97 Å². The van der Waals surface area contributed by atoms with E-state index in [2.05, 4.69) is 26.1 Å². The summed E-state index contributed by atoms with van der Waals surface area (Å²) < 4.78 is 5.32. The third-order valence-corrected chi connectivity index (χ3v) is 3.91. The third-order valence-electron chi connectivity index (χ3n) is 3.91. The number of carbonyl (C=O) groups excluding carboxylic acids is 1. The summed E-state index contributed by atoms with van der Waals surface area (Å²) in [6, 6.07) is 0. The number of rotatable bonds is 5. The molecule has 17 heavy (non-hydrogen) atoms. The quantitative estimate of drug-likeness (QED) is 0.752. The summed E-state index contributed by atoms with van der Waals surface area (Å²) in [4.78, 5) is 12.3. The maximum absolute atomic E-state index is 12.3. The fourth-order valence-electron chi connectivity index (χ4n) is 3.22. The number of hydrogen-bond donors (Lipinski definition) is 1. The summed E-state index contributed by atoms with van der Waals surface area (Å²) >= 11 is 0. The van der Waals surface area contributed by atoms with Crippen LogP contribution in [0, 0.1) is 11.8 Å². The molecule has 1 fully saturated rings.